The van der Waals surface area contributed by atoms with E-state index in [-0.39, 0.29) is 24.4 Å². The molecule has 1 aromatic heterocycles. The van der Waals surface area contributed by atoms with Crippen molar-refractivity contribution >= 4 is 29.9 Å². The number of halogens is 2. The van der Waals surface area contributed by atoms with Gasteiger partial charge in [0.1, 0.15) is 0 Å². The molecule has 1 saturated carbocycles. The van der Waals surface area contributed by atoms with Crippen molar-refractivity contribution in [1.29, 1.82) is 0 Å². The number of hydrogen-bond acceptors (Lipinski definition) is 5. The Balaban J connectivity index is 0.00000210. The first-order chi connectivity index (χ1) is 12.7. The van der Waals surface area contributed by atoms with Crippen LogP contribution in [0.4, 0.5) is 0 Å². The van der Waals surface area contributed by atoms with Crippen LogP contribution in [-0.4, -0.2) is 34.7 Å². The van der Waals surface area contributed by atoms with Crippen LogP contribution < -0.4 is 10.6 Å². The Kier molecular flexibility index (Phi) is 6.73. The van der Waals surface area contributed by atoms with E-state index >= 15 is 0 Å². The van der Waals surface area contributed by atoms with Crippen LogP contribution in [0, 0.1) is 5.92 Å². The monoisotopic (exact) mass is 410 g/mol. The first kappa shape index (κ1) is 20.1. The summed E-state index contributed by atoms with van der Waals surface area (Å²) < 4.78 is 5.27. The van der Waals surface area contributed by atoms with Crippen LogP contribution in [0.2, 0.25) is 5.02 Å². The first-order valence-electron chi connectivity index (χ1n) is 9.31. The Bertz CT molecular complexity index is 769. The largest absolute Gasteiger partial charge is 0.354 e. The topological polar surface area (TPSA) is 80.1 Å². The normalized spacial score (nSPS) is 24.1. The van der Waals surface area contributed by atoms with Crippen molar-refractivity contribution < 1.29 is 9.32 Å². The third-order valence-corrected chi connectivity index (χ3v) is 5.60. The van der Waals surface area contributed by atoms with Gasteiger partial charge in [-0.3, -0.25) is 4.79 Å². The first-order valence-corrected chi connectivity index (χ1v) is 9.69. The number of rotatable bonds is 5. The van der Waals surface area contributed by atoms with Crippen molar-refractivity contribution in [3.05, 3.63) is 35.2 Å². The molecule has 146 valence electrons. The zero-order valence-corrected chi connectivity index (χ0v) is 16.6. The Morgan fingerprint density at radius 1 is 1.33 bits per heavy atom. The maximum atomic E-state index is 12.4. The van der Waals surface area contributed by atoms with E-state index in [9.17, 15) is 4.79 Å². The molecule has 2 heterocycles. The number of fused-ring (bicyclic) bond motifs is 1. The van der Waals surface area contributed by atoms with Gasteiger partial charge in [0.25, 0.3) is 0 Å². The van der Waals surface area contributed by atoms with Gasteiger partial charge in [0.15, 0.2) is 0 Å². The fourth-order valence-corrected chi connectivity index (χ4v) is 4.23. The summed E-state index contributed by atoms with van der Waals surface area (Å²) in [6.07, 6.45) is 6.48. The third-order valence-electron chi connectivity index (χ3n) is 5.37. The number of nitrogens with zero attached hydrogens (tertiary/aromatic N) is 2. The Labute approximate surface area is 169 Å². The molecule has 3 unspecified atom stereocenters. The molecule has 0 radical (unpaired) electrons. The van der Waals surface area contributed by atoms with Crippen molar-refractivity contribution in [3.63, 3.8) is 0 Å². The van der Waals surface area contributed by atoms with Crippen LogP contribution in [-0.2, 0) is 11.2 Å². The quantitative estimate of drug-likeness (QED) is 0.789. The van der Waals surface area contributed by atoms with Crippen LogP contribution in [0.25, 0.3) is 11.4 Å². The minimum atomic E-state index is -0.0622. The predicted octanol–water partition coefficient (Wildman–Crippen LogP) is 3.39. The van der Waals surface area contributed by atoms with Gasteiger partial charge in [-0.1, -0.05) is 41.7 Å². The van der Waals surface area contributed by atoms with Gasteiger partial charge in [-0.2, -0.15) is 4.98 Å². The third kappa shape index (κ3) is 4.81. The maximum Gasteiger partial charge on any atom is 0.237 e. The lowest BCUT2D eigenvalue weighted by Crippen LogP contribution is -2.43. The molecular weight excluding hydrogens is 387 g/mol. The van der Waals surface area contributed by atoms with Gasteiger partial charge in [-0.05, 0) is 37.3 Å². The van der Waals surface area contributed by atoms with Gasteiger partial charge in [-0.15, -0.1) is 12.4 Å². The molecule has 2 fully saturated rings. The van der Waals surface area contributed by atoms with Crippen LogP contribution in [0.3, 0.4) is 0 Å². The molecule has 4 rings (SSSR count). The van der Waals surface area contributed by atoms with Crippen molar-refractivity contribution in [3.8, 4) is 11.4 Å². The van der Waals surface area contributed by atoms with Crippen molar-refractivity contribution in [1.82, 2.24) is 20.8 Å². The van der Waals surface area contributed by atoms with Crippen LogP contribution >= 0.6 is 24.0 Å². The molecule has 27 heavy (non-hydrogen) atoms. The number of amides is 1. The SMILES string of the molecule is Cl.O=C(NCCc1nc(-c2cccc(Cl)c2)no1)C1CC2CCCCC2N1. The average Bonchev–Trinajstić information content (AvgIpc) is 3.28. The van der Waals surface area contributed by atoms with E-state index in [4.69, 9.17) is 16.1 Å². The number of hydrogen-bond donors (Lipinski definition) is 2. The molecule has 8 heteroatoms. The summed E-state index contributed by atoms with van der Waals surface area (Å²) in [7, 11) is 0. The Morgan fingerprint density at radius 2 is 2.19 bits per heavy atom. The van der Waals surface area contributed by atoms with E-state index in [0.717, 1.165) is 12.0 Å². The molecule has 1 aliphatic carbocycles. The number of nitrogens with one attached hydrogen (secondary N) is 2. The summed E-state index contributed by atoms with van der Waals surface area (Å²) in [5, 5.41) is 11.1. The maximum absolute atomic E-state index is 12.4. The molecule has 1 aliphatic heterocycles. The summed E-state index contributed by atoms with van der Waals surface area (Å²) in [6.45, 7) is 0.490. The minimum absolute atomic E-state index is 0. The van der Waals surface area contributed by atoms with E-state index in [1.54, 1.807) is 12.1 Å². The molecule has 1 aromatic carbocycles. The van der Waals surface area contributed by atoms with E-state index in [1.165, 1.54) is 25.7 Å². The summed E-state index contributed by atoms with van der Waals surface area (Å²) in [5.74, 6) is 1.76. The molecule has 0 bridgehead atoms. The predicted molar refractivity (Wildman–Crippen MR) is 106 cm³/mol. The molecule has 6 nitrogen and oxygen atoms in total. The van der Waals surface area contributed by atoms with E-state index < -0.39 is 0 Å². The smallest absolute Gasteiger partial charge is 0.237 e. The fourth-order valence-electron chi connectivity index (χ4n) is 4.04. The lowest BCUT2D eigenvalue weighted by atomic mass is 9.85. The van der Waals surface area contributed by atoms with Gasteiger partial charge >= 0.3 is 0 Å². The number of aromatic nitrogens is 2. The number of carbonyl (C=O) groups excluding carboxylic acids is 1. The lowest BCUT2D eigenvalue weighted by Gasteiger charge is -2.24. The highest BCUT2D eigenvalue weighted by Crippen LogP contribution is 2.33. The van der Waals surface area contributed by atoms with Crippen LogP contribution in [0.1, 0.15) is 38.0 Å². The van der Waals surface area contributed by atoms with Gasteiger partial charge < -0.3 is 15.2 Å². The van der Waals surface area contributed by atoms with Gasteiger partial charge in [0.2, 0.25) is 17.6 Å². The van der Waals surface area contributed by atoms with Crippen LogP contribution in [0.5, 0.6) is 0 Å². The molecule has 2 aliphatic rings. The molecule has 2 N–H and O–H groups in total. The highest BCUT2D eigenvalue weighted by molar-refractivity contribution is 6.30. The molecular formula is C19H24Cl2N4O2. The van der Waals surface area contributed by atoms with E-state index in [0.29, 0.717) is 41.7 Å². The second kappa shape index (κ2) is 9.04. The van der Waals surface area contributed by atoms with E-state index in [2.05, 4.69) is 20.8 Å². The van der Waals surface area contributed by atoms with Crippen molar-refractivity contribution in [2.75, 3.05) is 6.54 Å². The zero-order chi connectivity index (χ0) is 17.9. The second-order valence-electron chi connectivity index (χ2n) is 7.17. The zero-order valence-electron chi connectivity index (χ0n) is 15.0. The van der Waals surface area contributed by atoms with Crippen molar-refractivity contribution in [2.45, 2.75) is 50.6 Å². The molecule has 3 atom stereocenters. The second-order valence-corrected chi connectivity index (χ2v) is 7.61. The van der Waals surface area contributed by atoms with Crippen molar-refractivity contribution in [2.24, 2.45) is 5.92 Å². The number of carbonyl (C=O) groups is 1. The molecule has 1 saturated heterocycles. The van der Waals surface area contributed by atoms with Gasteiger partial charge in [-0.25, -0.2) is 0 Å². The average molecular weight is 411 g/mol. The fraction of sp³-hybridized carbons (Fsp3) is 0.526. The molecule has 1 amide bonds. The minimum Gasteiger partial charge on any atom is -0.354 e. The summed E-state index contributed by atoms with van der Waals surface area (Å²) in [6, 6.07) is 7.79. The Hall–Kier alpha value is -1.63. The highest BCUT2D eigenvalue weighted by Gasteiger charge is 2.37. The standard InChI is InChI=1S/C19H23ClN4O2.ClH/c20-14-6-3-5-13(10-14)18-23-17(26-24-18)8-9-21-19(25)16-11-12-4-1-2-7-15(12)22-16;/h3,5-6,10,12,15-16,22H,1-2,4,7-9,11H2,(H,21,25);1H. The Morgan fingerprint density at radius 3 is 3.00 bits per heavy atom. The summed E-state index contributed by atoms with van der Waals surface area (Å²) in [4.78, 5) is 16.8. The van der Waals surface area contributed by atoms with E-state index in [1.807, 2.05) is 12.1 Å². The van der Waals surface area contributed by atoms with Crippen LogP contribution in [0.15, 0.2) is 28.8 Å². The molecule has 2 aromatic rings. The summed E-state index contributed by atoms with van der Waals surface area (Å²) >= 11 is 5.99. The number of benzene rings is 1. The lowest BCUT2D eigenvalue weighted by molar-refractivity contribution is -0.122. The molecule has 0 spiro atoms. The summed E-state index contributed by atoms with van der Waals surface area (Å²) in [5.41, 5.74) is 0.814. The van der Waals surface area contributed by atoms with Gasteiger partial charge in [0.05, 0.1) is 6.04 Å². The van der Waals surface area contributed by atoms with Gasteiger partial charge in [0, 0.05) is 29.6 Å². The highest BCUT2D eigenvalue weighted by atomic mass is 35.5.